The summed E-state index contributed by atoms with van der Waals surface area (Å²) in [4.78, 5) is 13.9. The molecule has 0 saturated heterocycles. The predicted octanol–water partition coefficient (Wildman–Crippen LogP) is 2.52. The topological polar surface area (TPSA) is 29.5 Å². The number of aryl methyl sites for hydroxylation is 1. The van der Waals surface area contributed by atoms with E-state index in [0.717, 1.165) is 17.0 Å². The largest absolute Gasteiger partial charge is 0.476 e. The van der Waals surface area contributed by atoms with Crippen molar-refractivity contribution in [1.29, 1.82) is 0 Å². The molecule has 0 spiro atoms. The third kappa shape index (κ3) is 1.56. The molecule has 0 fully saturated rings. The van der Waals surface area contributed by atoms with Gasteiger partial charge in [0.05, 0.1) is 5.69 Å². The summed E-state index contributed by atoms with van der Waals surface area (Å²) >= 11 is 0. The highest BCUT2D eigenvalue weighted by Crippen LogP contribution is 2.37. The lowest BCUT2D eigenvalue weighted by atomic mass is 10.0. The van der Waals surface area contributed by atoms with Crippen molar-refractivity contribution in [1.82, 2.24) is 0 Å². The molecule has 0 radical (unpaired) electrons. The number of hydrogen-bond donors (Lipinski definition) is 0. The second-order valence-corrected chi connectivity index (χ2v) is 4.63. The van der Waals surface area contributed by atoms with E-state index in [-0.39, 0.29) is 5.91 Å². The molecule has 0 unspecified atom stereocenters. The van der Waals surface area contributed by atoms with Crippen molar-refractivity contribution in [2.24, 2.45) is 0 Å². The molecule has 16 heavy (non-hydrogen) atoms. The number of amides is 1. The molecule has 2 rings (SSSR count). The Hall–Kier alpha value is -1.51. The van der Waals surface area contributed by atoms with Gasteiger partial charge in [0.2, 0.25) is 0 Å². The van der Waals surface area contributed by atoms with Crippen molar-refractivity contribution in [3.63, 3.8) is 0 Å². The van der Waals surface area contributed by atoms with Crippen molar-refractivity contribution < 1.29 is 9.53 Å². The number of likely N-dealkylation sites (N-methyl/N-ethyl adjacent to an activating group) is 1. The summed E-state index contributed by atoms with van der Waals surface area (Å²) in [7, 11) is 0. The van der Waals surface area contributed by atoms with Crippen LogP contribution in [0.1, 0.15) is 26.3 Å². The number of carbonyl (C=O) groups is 1. The average molecular weight is 219 g/mol. The molecule has 1 aromatic rings. The van der Waals surface area contributed by atoms with Gasteiger partial charge in [-0.25, -0.2) is 0 Å². The molecule has 0 atom stereocenters. The van der Waals surface area contributed by atoms with Crippen LogP contribution in [0.2, 0.25) is 0 Å². The minimum atomic E-state index is -0.766. The highest BCUT2D eigenvalue weighted by atomic mass is 16.5. The van der Waals surface area contributed by atoms with Gasteiger partial charge in [-0.05, 0) is 45.4 Å². The summed E-state index contributed by atoms with van der Waals surface area (Å²) in [5.41, 5.74) is 1.25. The van der Waals surface area contributed by atoms with Crippen LogP contribution in [0.3, 0.4) is 0 Å². The van der Waals surface area contributed by atoms with Gasteiger partial charge in [0.1, 0.15) is 5.75 Å². The third-order valence-electron chi connectivity index (χ3n) is 2.85. The monoisotopic (exact) mass is 219 g/mol. The second kappa shape index (κ2) is 3.51. The van der Waals surface area contributed by atoms with E-state index < -0.39 is 5.60 Å². The van der Waals surface area contributed by atoms with Gasteiger partial charge in [-0.15, -0.1) is 0 Å². The summed E-state index contributed by atoms with van der Waals surface area (Å²) in [5.74, 6) is 0.810. The fraction of sp³-hybridized carbons (Fsp3) is 0.462. The van der Waals surface area contributed by atoms with Crippen LogP contribution < -0.4 is 9.64 Å². The van der Waals surface area contributed by atoms with E-state index in [4.69, 9.17) is 4.74 Å². The lowest BCUT2D eigenvalue weighted by Gasteiger charge is -2.38. The highest BCUT2D eigenvalue weighted by Gasteiger charge is 2.40. The number of rotatable bonds is 1. The Labute approximate surface area is 96.0 Å². The Bertz CT molecular complexity index is 438. The molecular formula is C13H17NO2. The van der Waals surface area contributed by atoms with Gasteiger partial charge in [-0.3, -0.25) is 4.79 Å². The molecule has 1 heterocycles. The molecule has 0 N–H and O–H groups in total. The maximum atomic E-state index is 12.2. The number of benzene rings is 1. The summed E-state index contributed by atoms with van der Waals surface area (Å²) in [6, 6.07) is 5.92. The Morgan fingerprint density at radius 2 is 2.06 bits per heavy atom. The van der Waals surface area contributed by atoms with Gasteiger partial charge >= 0.3 is 0 Å². The van der Waals surface area contributed by atoms with E-state index in [1.165, 1.54) is 0 Å². The first-order valence-electron chi connectivity index (χ1n) is 5.57. The van der Waals surface area contributed by atoms with Gasteiger partial charge in [0.15, 0.2) is 5.60 Å². The number of ether oxygens (including phenoxy) is 1. The first kappa shape index (κ1) is 11.0. The zero-order valence-corrected chi connectivity index (χ0v) is 10.2. The molecule has 3 nitrogen and oxygen atoms in total. The van der Waals surface area contributed by atoms with Gasteiger partial charge < -0.3 is 9.64 Å². The second-order valence-electron chi connectivity index (χ2n) is 4.63. The van der Waals surface area contributed by atoms with Crippen LogP contribution in [0.5, 0.6) is 5.75 Å². The van der Waals surface area contributed by atoms with E-state index in [0.29, 0.717) is 6.54 Å². The number of hydrogen-bond acceptors (Lipinski definition) is 2. The maximum absolute atomic E-state index is 12.2. The van der Waals surface area contributed by atoms with Crippen molar-refractivity contribution in [2.45, 2.75) is 33.3 Å². The maximum Gasteiger partial charge on any atom is 0.270 e. The summed E-state index contributed by atoms with van der Waals surface area (Å²) < 4.78 is 5.73. The Kier molecular flexibility index (Phi) is 2.41. The average Bonchev–Trinajstić information content (AvgIpc) is 2.21. The molecule has 1 aliphatic rings. The molecule has 0 aromatic heterocycles. The molecule has 0 saturated carbocycles. The van der Waals surface area contributed by atoms with Gasteiger partial charge in [0.25, 0.3) is 5.91 Å². The third-order valence-corrected chi connectivity index (χ3v) is 2.85. The van der Waals surface area contributed by atoms with Gasteiger partial charge in [0, 0.05) is 6.54 Å². The van der Waals surface area contributed by atoms with E-state index in [2.05, 4.69) is 0 Å². The van der Waals surface area contributed by atoms with E-state index >= 15 is 0 Å². The van der Waals surface area contributed by atoms with Crippen molar-refractivity contribution in [3.8, 4) is 5.75 Å². The summed E-state index contributed by atoms with van der Waals surface area (Å²) in [6.07, 6.45) is 0. The summed E-state index contributed by atoms with van der Waals surface area (Å²) in [6.45, 7) is 8.27. The fourth-order valence-electron chi connectivity index (χ4n) is 1.99. The number of carbonyl (C=O) groups excluding carboxylic acids is 1. The summed E-state index contributed by atoms with van der Waals surface area (Å²) in [5, 5.41) is 0. The normalized spacial score (nSPS) is 18.0. The quantitative estimate of drug-likeness (QED) is 0.726. The number of fused-ring (bicyclic) bond motifs is 1. The van der Waals surface area contributed by atoms with Gasteiger partial charge in [-0.2, -0.15) is 0 Å². The Morgan fingerprint density at radius 1 is 1.38 bits per heavy atom. The Morgan fingerprint density at radius 3 is 2.69 bits per heavy atom. The van der Waals surface area contributed by atoms with Crippen molar-refractivity contribution >= 4 is 11.6 Å². The molecular weight excluding hydrogens is 202 g/mol. The van der Waals surface area contributed by atoms with E-state index in [1.807, 2.05) is 32.0 Å². The van der Waals surface area contributed by atoms with Crippen LogP contribution in [0.25, 0.3) is 0 Å². The smallest absolute Gasteiger partial charge is 0.270 e. The fourth-order valence-corrected chi connectivity index (χ4v) is 1.99. The van der Waals surface area contributed by atoms with Crippen LogP contribution in [-0.2, 0) is 4.79 Å². The molecule has 1 aliphatic heterocycles. The standard InChI is InChI=1S/C13H17NO2/c1-5-14-10-8-9(2)6-7-11(10)16-13(3,4)12(14)15/h6-8H,5H2,1-4H3. The van der Waals surface area contributed by atoms with Crippen LogP contribution in [0.15, 0.2) is 18.2 Å². The SMILES string of the molecule is CCN1C(=O)C(C)(C)Oc2ccc(C)cc21. The minimum absolute atomic E-state index is 0.0214. The first-order valence-corrected chi connectivity index (χ1v) is 5.57. The molecule has 3 heteroatoms. The predicted molar refractivity (Wildman–Crippen MR) is 63.9 cm³/mol. The lowest BCUT2D eigenvalue weighted by Crippen LogP contribution is -2.52. The van der Waals surface area contributed by atoms with Gasteiger partial charge in [-0.1, -0.05) is 6.07 Å². The van der Waals surface area contributed by atoms with Crippen LogP contribution >= 0.6 is 0 Å². The van der Waals surface area contributed by atoms with Crippen molar-refractivity contribution in [2.75, 3.05) is 11.4 Å². The van der Waals surface area contributed by atoms with Crippen LogP contribution in [-0.4, -0.2) is 18.1 Å². The van der Waals surface area contributed by atoms with Crippen LogP contribution in [0, 0.1) is 6.92 Å². The molecule has 0 bridgehead atoms. The van der Waals surface area contributed by atoms with E-state index in [9.17, 15) is 4.79 Å². The number of anilines is 1. The highest BCUT2D eigenvalue weighted by molar-refractivity contribution is 6.02. The molecule has 0 aliphatic carbocycles. The zero-order valence-electron chi connectivity index (χ0n) is 10.2. The van der Waals surface area contributed by atoms with Crippen molar-refractivity contribution in [3.05, 3.63) is 23.8 Å². The number of nitrogens with zero attached hydrogens (tertiary/aromatic N) is 1. The molecule has 86 valence electrons. The molecule has 1 amide bonds. The van der Waals surface area contributed by atoms with E-state index in [1.54, 1.807) is 18.7 Å². The van der Waals surface area contributed by atoms with Crippen LogP contribution in [0.4, 0.5) is 5.69 Å². The molecule has 1 aromatic carbocycles. The Balaban J connectivity index is 2.56. The minimum Gasteiger partial charge on any atom is -0.476 e. The lowest BCUT2D eigenvalue weighted by molar-refractivity contribution is -0.132. The first-order chi connectivity index (χ1) is 7.45. The zero-order chi connectivity index (χ0) is 11.9.